The third kappa shape index (κ3) is 1.14. The van der Waals surface area contributed by atoms with Crippen LogP contribution in [0.25, 0.3) is 0 Å². The van der Waals surface area contributed by atoms with Gasteiger partial charge in [-0.3, -0.25) is 0 Å². The van der Waals surface area contributed by atoms with Crippen molar-refractivity contribution in [2.45, 2.75) is 0 Å². The van der Waals surface area contributed by atoms with E-state index in [2.05, 4.69) is 0 Å². The number of hydrogen-bond donors (Lipinski definition) is 0. The molecule has 0 saturated heterocycles. The topological polar surface area (TPSA) is 0 Å². The second kappa shape index (κ2) is 2.49. The molecule has 0 spiro atoms. The lowest BCUT2D eigenvalue weighted by molar-refractivity contribution is 1.99. The Hall–Kier alpha value is 0.650. The monoisotopic (exact) mass is 186 g/mol. The summed E-state index contributed by atoms with van der Waals surface area (Å²) in [4.78, 5) is 0. The van der Waals surface area contributed by atoms with E-state index in [1.807, 2.05) is 5.80 Å². The Morgan fingerprint density at radius 3 is 2.00 bits per heavy atom. The second-order valence-electron chi connectivity index (χ2n) is 1.26. The van der Waals surface area contributed by atoms with Gasteiger partial charge in [0.05, 0.1) is 14.8 Å². The Morgan fingerprint density at radius 1 is 1.25 bits per heavy atom. The van der Waals surface area contributed by atoms with Crippen molar-refractivity contribution in [2.75, 3.05) is 0 Å². The van der Waals surface area contributed by atoms with Crippen LogP contribution in [0.1, 0.15) is 0 Å². The zero-order chi connectivity index (χ0) is 6.15. The Morgan fingerprint density at radius 2 is 1.88 bits per heavy atom. The summed E-state index contributed by atoms with van der Waals surface area (Å²) in [6.07, 6.45) is 0. The molecule has 1 aromatic heterocycles. The molecule has 0 aliphatic rings. The minimum Gasteiger partial charge on any atom is -0.117 e. The molecule has 1 heterocycles. The normalized spacial score (nSPS) is 10.9. The fourth-order valence-corrected chi connectivity index (χ4v) is 1.98. The standard InChI is InChI=1S/C4H2Cl3P/c5-2-1-8-4(7)3(2)6/h1,8H. The second-order valence-corrected chi connectivity index (χ2v) is 3.82. The fourth-order valence-electron chi connectivity index (χ4n) is 0.358. The summed E-state index contributed by atoms with van der Waals surface area (Å²) in [6.45, 7) is 0. The highest BCUT2D eigenvalue weighted by atomic mass is 35.5. The first kappa shape index (κ1) is 6.77. The summed E-state index contributed by atoms with van der Waals surface area (Å²) in [5.74, 6) is 1.81. The first-order chi connectivity index (χ1) is 3.72. The van der Waals surface area contributed by atoms with Gasteiger partial charge in [0.15, 0.2) is 0 Å². The minimum atomic E-state index is 0.462. The van der Waals surface area contributed by atoms with Gasteiger partial charge in [-0.15, -0.1) is 8.19 Å². The largest absolute Gasteiger partial charge is 0.117 e. The van der Waals surface area contributed by atoms with Crippen LogP contribution in [-0.4, -0.2) is 0 Å². The maximum atomic E-state index is 5.58. The van der Waals surface area contributed by atoms with Gasteiger partial charge < -0.3 is 0 Å². The van der Waals surface area contributed by atoms with Crippen LogP contribution in [0.5, 0.6) is 0 Å². The van der Waals surface area contributed by atoms with Crippen LogP contribution >= 0.6 is 43.0 Å². The van der Waals surface area contributed by atoms with Gasteiger partial charge in [-0.05, 0) is 5.80 Å². The Kier molecular flexibility index (Phi) is 2.11. The minimum absolute atomic E-state index is 0.462. The third-order valence-electron chi connectivity index (χ3n) is 0.728. The van der Waals surface area contributed by atoms with Crippen LogP contribution in [0.3, 0.4) is 0 Å². The molecule has 0 aliphatic heterocycles. The highest BCUT2D eigenvalue weighted by Gasteiger charge is 2.01. The van der Waals surface area contributed by atoms with Crippen LogP contribution < -0.4 is 0 Å². The highest BCUT2D eigenvalue weighted by Crippen LogP contribution is 2.38. The number of halogens is 3. The van der Waals surface area contributed by atoms with E-state index in [1.54, 1.807) is 0 Å². The molecular weight excluding hydrogens is 185 g/mol. The van der Waals surface area contributed by atoms with Crippen LogP contribution in [-0.2, 0) is 0 Å². The SMILES string of the molecule is Clc1c[pH]c(Cl)c1Cl. The summed E-state index contributed by atoms with van der Waals surface area (Å²) < 4.78 is 0.664. The molecule has 0 aromatic carbocycles. The van der Waals surface area contributed by atoms with Crippen molar-refractivity contribution in [3.8, 4) is 0 Å². The molecule has 1 unspecified atom stereocenters. The van der Waals surface area contributed by atoms with Crippen LogP contribution in [0.2, 0.25) is 14.8 Å². The van der Waals surface area contributed by atoms with E-state index in [0.717, 1.165) is 0 Å². The molecule has 4 heteroatoms. The number of rotatable bonds is 0. The average Bonchev–Trinajstić information content (AvgIpc) is 1.98. The van der Waals surface area contributed by atoms with Crippen molar-refractivity contribution in [3.05, 3.63) is 20.6 Å². The lowest BCUT2D eigenvalue weighted by Crippen LogP contribution is -1.50. The molecule has 0 radical (unpaired) electrons. The van der Waals surface area contributed by atoms with Crippen molar-refractivity contribution in [3.63, 3.8) is 0 Å². The Labute approximate surface area is 63.8 Å². The molecular formula is C4H2Cl3P. The first-order valence-electron chi connectivity index (χ1n) is 1.89. The molecule has 0 amide bonds. The molecule has 1 atom stereocenters. The summed E-state index contributed by atoms with van der Waals surface area (Å²) in [5.41, 5.74) is 0. The lowest BCUT2D eigenvalue weighted by Gasteiger charge is -1.80. The van der Waals surface area contributed by atoms with E-state index in [4.69, 9.17) is 34.8 Å². The van der Waals surface area contributed by atoms with Crippen molar-refractivity contribution in [2.24, 2.45) is 0 Å². The molecule has 44 valence electrons. The van der Waals surface area contributed by atoms with E-state index in [-0.39, 0.29) is 0 Å². The summed E-state index contributed by atoms with van der Waals surface area (Å²) in [6, 6.07) is 0. The first-order valence-corrected chi connectivity index (χ1v) is 4.11. The maximum Gasteiger partial charge on any atom is 0.0818 e. The quantitative estimate of drug-likeness (QED) is 0.581. The van der Waals surface area contributed by atoms with Gasteiger partial charge in [0.1, 0.15) is 0 Å². The number of hydrogen-bond acceptors (Lipinski definition) is 0. The lowest BCUT2D eigenvalue weighted by atomic mass is 10.7. The van der Waals surface area contributed by atoms with Crippen molar-refractivity contribution >= 4 is 43.0 Å². The van der Waals surface area contributed by atoms with E-state index >= 15 is 0 Å². The van der Waals surface area contributed by atoms with Crippen molar-refractivity contribution in [1.82, 2.24) is 0 Å². The van der Waals surface area contributed by atoms with Crippen molar-refractivity contribution in [1.29, 1.82) is 0 Å². The van der Waals surface area contributed by atoms with Gasteiger partial charge in [-0.25, -0.2) is 0 Å². The van der Waals surface area contributed by atoms with E-state index in [9.17, 15) is 0 Å². The van der Waals surface area contributed by atoms with Gasteiger partial charge in [-0.1, -0.05) is 34.8 Å². The predicted molar refractivity (Wildman–Crippen MR) is 41.0 cm³/mol. The van der Waals surface area contributed by atoms with Crippen LogP contribution in [0, 0.1) is 0 Å². The van der Waals surface area contributed by atoms with Crippen LogP contribution in [0.15, 0.2) is 5.80 Å². The summed E-state index contributed by atoms with van der Waals surface area (Å²) in [7, 11) is 0.462. The van der Waals surface area contributed by atoms with Crippen LogP contribution in [0.4, 0.5) is 0 Å². The summed E-state index contributed by atoms with van der Waals surface area (Å²) in [5, 5.41) is 1.08. The molecule has 0 fully saturated rings. The van der Waals surface area contributed by atoms with Gasteiger partial charge in [-0.2, -0.15) is 0 Å². The zero-order valence-corrected chi connectivity index (χ0v) is 6.98. The smallest absolute Gasteiger partial charge is 0.0818 e. The predicted octanol–water partition coefficient (Wildman–Crippen LogP) is 3.68. The maximum absolute atomic E-state index is 5.58. The molecule has 1 rings (SSSR count). The van der Waals surface area contributed by atoms with Gasteiger partial charge in [0, 0.05) is 0 Å². The average molecular weight is 187 g/mol. The van der Waals surface area contributed by atoms with Crippen molar-refractivity contribution < 1.29 is 0 Å². The molecule has 0 bridgehead atoms. The Balaban J connectivity index is 3.19. The van der Waals surface area contributed by atoms with Gasteiger partial charge in [0.2, 0.25) is 0 Å². The van der Waals surface area contributed by atoms with E-state index < -0.39 is 0 Å². The molecule has 1 aromatic rings. The molecule has 0 saturated carbocycles. The molecule has 0 aliphatic carbocycles. The van der Waals surface area contributed by atoms with E-state index in [0.29, 0.717) is 23.0 Å². The van der Waals surface area contributed by atoms with Gasteiger partial charge in [0.25, 0.3) is 0 Å². The zero-order valence-electron chi connectivity index (χ0n) is 3.71. The molecule has 0 N–H and O–H groups in total. The van der Waals surface area contributed by atoms with Gasteiger partial charge >= 0.3 is 0 Å². The van der Waals surface area contributed by atoms with E-state index in [1.165, 1.54) is 0 Å². The third-order valence-corrected chi connectivity index (χ3v) is 3.41. The summed E-state index contributed by atoms with van der Waals surface area (Å²) >= 11 is 16.7. The fraction of sp³-hybridized carbons (Fsp3) is 0. The molecule has 0 nitrogen and oxygen atoms in total. The molecule has 8 heavy (non-hydrogen) atoms. The highest BCUT2D eigenvalue weighted by molar-refractivity contribution is 7.34. The Bertz CT molecular complexity index is 174.